The van der Waals surface area contributed by atoms with Crippen LogP contribution in [0.1, 0.15) is 59.8 Å². The molecule has 114 valence electrons. The summed E-state index contributed by atoms with van der Waals surface area (Å²) in [5.74, 6) is 1.29. The molecule has 0 saturated carbocycles. The Kier molecular flexibility index (Phi) is 12.9. The first-order chi connectivity index (χ1) is 9.29. The van der Waals surface area contributed by atoms with Crippen molar-refractivity contribution in [3.8, 4) is 0 Å². The standard InChI is InChI=1S/C15H30O4/c1-5-9-10-11-14(17-7-3)15(18-8-4)19-13-16-12-6-2/h5-13H2,1-4H3/b15-14-. The highest BCUT2D eigenvalue weighted by molar-refractivity contribution is 4.95. The Morgan fingerprint density at radius 2 is 1.53 bits per heavy atom. The minimum atomic E-state index is 0.216. The molecule has 0 radical (unpaired) electrons. The van der Waals surface area contributed by atoms with E-state index >= 15 is 0 Å². The average molecular weight is 274 g/mol. The number of rotatable bonds is 13. The highest BCUT2D eigenvalue weighted by Crippen LogP contribution is 2.17. The summed E-state index contributed by atoms with van der Waals surface area (Å²) in [7, 11) is 0. The van der Waals surface area contributed by atoms with Gasteiger partial charge in [0.2, 0.25) is 0 Å². The number of unbranched alkanes of at least 4 members (excludes halogenated alkanes) is 2. The second-order valence-electron chi connectivity index (χ2n) is 4.20. The molecule has 0 aromatic carbocycles. The van der Waals surface area contributed by atoms with E-state index in [9.17, 15) is 0 Å². The molecule has 0 aromatic heterocycles. The molecule has 0 unspecified atom stereocenters. The molecule has 0 aliphatic rings. The van der Waals surface area contributed by atoms with Crippen LogP contribution in [0.4, 0.5) is 0 Å². The zero-order valence-corrected chi connectivity index (χ0v) is 13.0. The molecule has 0 heterocycles. The van der Waals surface area contributed by atoms with Crippen molar-refractivity contribution in [2.24, 2.45) is 0 Å². The number of ether oxygens (including phenoxy) is 4. The summed E-state index contributed by atoms with van der Waals surface area (Å²) >= 11 is 0. The summed E-state index contributed by atoms with van der Waals surface area (Å²) in [5.41, 5.74) is 0. The molecule has 0 aliphatic heterocycles. The number of allylic oxidation sites excluding steroid dienone is 1. The second-order valence-corrected chi connectivity index (χ2v) is 4.20. The van der Waals surface area contributed by atoms with Crippen LogP contribution >= 0.6 is 0 Å². The van der Waals surface area contributed by atoms with Gasteiger partial charge in [-0.3, -0.25) is 0 Å². The van der Waals surface area contributed by atoms with Gasteiger partial charge in [0.1, 0.15) is 0 Å². The van der Waals surface area contributed by atoms with E-state index < -0.39 is 0 Å². The minimum Gasteiger partial charge on any atom is -0.491 e. The highest BCUT2D eigenvalue weighted by Gasteiger charge is 2.11. The van der Waals surface area contributed by atoms with E-state index in [-0.39, 0.29) is 6.79 Å². The summed E-state index contributed by atoms with van der Waals surface area (Å²) < 4.78 is 22.0. The van der Waals surface area contributed by atoms with Crippen molar-refractivity contribution in [2.45, 2.75) is 59.8 Å². The molecular weight excluding hydrogens is 244 g/mol. The average Bonchev–Trinajstić information content (AvgIpc) is 2.42. The maximum absolute atomic E-state index is 5.63. The zero-order chi connectivity index (χ0) is 14.3. The van der Waals surface area contributed by atoms with E-state index in [1.165, 1.54) is 12.8 Å². The third kappa shape index (κ3) is 9.65. The highest BCUT2D eigenvalue weighted by atomic mass is 16.7. The molecule has 0 aromatic rings. The van der Waals surface area contributed by atoms with Gasteiger partial charge in [-0.1, -0.05) is 26.7 Å². The zero-order valence-electron chi connectivity index (χ0n) is 13.0. The maximum Gasteiger partial charge on any atom is 0.321 e. The molecule has 0 N–H and O–H groups in total. The van der Waals surface area contributed by atoms with Crippen molar-refractivity contribution in [3.05, 3.63) is 11.7 Å². The quantitative estimate of drug-likeness (QED) is 0.286. The molecule has 0 saturated heterocycles. The first-order valence-electron chi connectivity index (χ1n) is 7.49. The summed E-state index contributed by atoms with van der Waals surface area (Å²) in [6, 6.07) is 0. The fraction of sp³-hybridized carbons (Fsp3) is 0.867. The molecule has 4 nitrogen and oxygen atoms in total. The maximum atomic E-state index is 5.63. The van der Waals surface area contributed by atoms with Crippen LogP contribution in [0.2, 0.25) is 0 Å². The van der Waals surface area contributed by atoms with E-state index in [4.69, 9.17) is 18.9 Å². The van der Waals surface area contributed by atoms with Crippen LogP contribution in [0.15, 0.2) is 11.7 Å². The van der Waals surface area contributed by atoms with Crippen LogP contribution in [0.3, 0.4) is 0 Å². The van der Waals surface area contributed by atoms with Crippen LogP contribution in [0.25, 0.3) is 0 Å². The van der Waals surface area contributed by atoms with Crippen LogP contribution in [-0.4, -0.2) is 26.6 Å². The predicted octanol–water partition coefficient (Wildman–Crippen LogP) is 4.21. The van der Waals surface area contributed by atoms with Crippen LogP contribution in [0, 0.1) is 0 Å². The molecule has 0 bridgehead atoms. The van der Waals surface area contributed by atoms with Crippen molar-refractivity contribution in [3.63, 3.8) is 0 Å². The van der Waals surface area contributed by atoms with Crippen molar-refractivity contribution in [1.82, 2.24) is 0 Å². The lowest BCUT2D eigenvalue weighted by Crippen LogP contribution is -2.09. The van der Waals surface area contributed by atoms with Gasteiger partial charge >= 0.3 is 5.95 Å². The molecule has 0 rings (SSSR count). The van der Waals surface area contributed by atoms with E-state index in [1.54, 1.807) is 0 Å². The first kappa shape index (κ1) is 18.1. The molecular formula is C15H30O4. The normalized spacial score (nSPS) is 12.0. The Balaban J connectivity index is 4.41. The first-order valence-corrected chi connectivity index (χ1v) is 7.49. The topological polar surface area (TPSA) is 36.9 Å². The van der Waals surface area contributed by atoms with Gasteiger partial charge < -0.3 is 18.9 Å². The van der Waals surface area contributed by atoms with Gasteiger partial charge in [-0.2, -0.15) is 0 Å². The molecule has 0 aliphatic carbocycles. The third-order valence-electron chi connectivity index (χ3n) is 2.45. The van der Waals surface area contributed by atoms with E-state index in [0.717, 1.165) is 25.0 Å². The fourth-order valence-electron chi connectivity index (χ4n) is 1.58. The summed E-state index contributed by atoms with van der Waals surface area (Å²) in [4.78, 5) is 0. The van der Waals surface area contributed by atoms with E-state index in [2.05, 4.69) is 13.8 Å². The van der Waals surface area contributed by atoms with Crippen molar-refractivity contribution >= 4 is 0 Å². The Bertz CT molecular complexity index is 226. The Morgan fingerprint density at radius 1 is 0.789 bits per heavy atom. The monoisotopic (exact) mass is 274 g/mol. The fourth-order valence-corrected chi connectivity index (χ4v) is 1.58. The molecule has 0 atom stereocenters. The molecule has 0 fully saturated rings. The lowest BCUT2D eigenvalue weighted by Gasteiger charge is -2.16. The Labute approximate surface area is 118 Å². The Hall–Kier alpha value is -0.900. The lowest BCUT2D eigenvalue weighted by molar-refractivity contribution is -0.0815. The van der Waals surface area contributed by atoms with Crippen LogP contribution < -0.4 is 0 Å². The van der Waals surface area contributed by atoms with E-state index in [1.807, 2.05) is 13.8 Å². The van der Waals surface area contributed by atoms with Crippen LogP contribution in [0.5, 0.6) is 0 Å². The van der Waals surface area contributed by atoms with Crippen molar-refractivity contribution in [1.29, 1.82) is 0 Å². The van der Waals surface area contributed by atoms with Gasteiger partial charge in [0.25, 0.3) is 0 Å². The minimum absolute atomic E-state index is 0.216. The summed E-state index contributed by atoms with van der Waals surface area (Å²) in [6.45, 7) is 10.2. The molecule has 4 heteroatoms. The van der Waals surface area contributed by atoms with Gasteiger partial charge in [-0.25, -0.2) is 0 Å². The van der Waals surface area contributed by atoms with Crippen molar-refractivity contribution < 1.29 is 18.9 Å². The largest absolute Gasteiger partial charge is 0.491 e. The number of hydrogen-bond donors (Lipinski definition) is 0. The predicted molar refractivity (Wildman–Crippen MR) is 76.6 cm³/mol. The second kappa shape index (κ2) is 13.5. The Morgan fingerprint density at radius 3 is 2.11 bits per heavy atom. The number of hydrogen-bond acceptors (Lipinski definition) is 4. The summed E-state index contributed by atoms with van der Waals surface area (Å²) in [5, 5.41) is 0. The van der Waals surface area contributed by atoms with Crippen LogP contribution in [-0.2, 0) is 18.9 Å². The third-order valence-corrected chi connectivity index (χ3v) is 2.45. The lowest BCUT2D eigenvalue weighted by atomic mass is 10.2. The van der Waals surface area contributed by atoms with Gasteiger partial charge in [-0.05, 0) is 26.7 Å². The molecule has 0 amide bonds. The van der Waals surface area contributed by atoms with Gasteiger partial charge in [-0.15, -0.1) is 0 Å². The molecule has 19 heavy (non-hydrogen) atoms. The smallest absolute Gasteiger partial charge is 0.321 e. The van der Waals surface area contributed by atoms with Gasteiger partial charge in [0, 0.05) is 6.42 Å². The van der Waals surface area contributed by atoms with Gasteiger partial charge in [0.05, 0.1) is 19.8 Å². The van der Waals surface area contributed by atoms with Gasteiger partial charge in [0.15, 0.2) is 12.6 Å². The SMILES string of the molecule is CCCCC/C(OCC)=C(\OCC)OCOCCC. The summed E-state index contributed by atoms with van der Waals surface area (Å²) in [6.07, 6.45) is 5.28. The van der Waals surface area contributed by atoms with Crippen molar-refractivity contribution in [2.75, 3.05) is 26.6 Å². The van der Waals surface area contributed by atoms with E-state index in [0.29, 0.717) is 25.8 Å². The molecule has 0 spiro atoms.